The third kappa shape index (κ3) is 1.95. The van der Waals surface area contributed by atoms with Crippen molar-refractivity contribution in [2.24, 2.45) is 7.05 Å². The summed E-state index contributed by atoms with van der Waals surface area (Å²) in [4.78, 5) is 25.6. The number of aromatic nitrogens is 1. The molecule has 0 unspecified atom stereocenters. The number of allylic oxidation sites excluding steroid dienone is 2. The number of carbonyl (C=O) groups is 2. The van der Waals surface area contributed by atoms with Gasteiger partial charge in [0.2, 0.25) is 5.78 Å². The first-order chi connectivity index (χ1) is 11.1. The number of carbonyl (C=O) groups excluding carboxylic acids is 2. The van der Waals surface area contributed by atoms with Crippen LogP contribution in [0, 0.1) is 0 Å². The molecule has 1 heterocycles. The van der Waals surface area contributed by atoms with E-state index in [9.17, 15) is 9.59 Å². The molecule has 3 aromatic rings. The minimum Gasteiger partial charge on any atom is -0.350 e. The molecular formula is C19H12BrNO2. The maximum absolute atomic E-state index is 13.0. The standard InChI is InChI=1S/C19H12BrNO2/c1-21-10-14(11-6-4-5-9-15(11)21)16-17(20)19(23)13-8-3-2-7-12(13)18(16)22/h2-10H,1H3. The Morgan fingerprint density at radius 3 is 2.17 bits per heavy atom. The van der Waals surface area contributed by atoms with Crippen molar-refractivity contribution in [1.82, 2.24) is 4.57 Å². The van der Waals surface area contributed by atoms with Crippen LogP contribution in [0.1, 0.15) is 26.3 Å². The lowest BCUT2D eigenvalue weighted by atomic mass is 9.86. The number of fused-ring (bicyclic) bond motifs is 2. The van der Waals surface area contributed by atoms with Crippen LogP contribution in [0.4, 0.5) is 0 Å². The van der Waals surface area contributed by atoms with Gasteiger partial charge >= 0.3 is 0 Å². The van der Waals surface area contributed by atoms with Crippen molar-refractivity contribution in [1.29, 1.82) is 0 Å². The average Bonchev–Trinajstić information content (AvgIpc) is 2.90. The fourth-order valence-electron chi connectivity index (χ4n) is 3.13. The van der Waals surface area contributed by atoms with Crippen molar-refractivity contribution in [2.75, 3.05) is 0 Å². The molecular weight excluding hydrogens is 354 g/mol. The van der Waals surface area contributed by atoms with Crippen molar-refractivity contribution in [3.05, 3.63) is 75.9 Å². The van der Waals surface area contributed by atoms with E-state index in [1.54, 1.807) is 24.3 Å². The van der Waals surface area contributed by atoms with Crippen LogP contribution < -0.4 is 0 Å². The van der Waals surface area contributed by atoms with Crippen molar-refractivity contribution in [3.8, 4) is 0 Å². The number of ketones is 2. The van der Waals surface area contributed by atoms with Gasteiger partial charge < -0.3 is 4.57 Å². The summed E-state index contributed by atoms with van der Waals surface area (Å²) in [5.41, 5.74) is 3.15. The largest absolute Gasteiger partial charge is 0.350 e. The van der Waals surface area contributed by atoms with Crippen molar-refractivity contribution < 1.29 is 9.59 Å². The first-order valence-corrected chi connectivity index (χ1v) is 8.01. The summed E-state index contributed by atoms with van der Waals surface area (Å²) in [6.45, 7) is 0. The number of hydrogen-bond acceptors (Lipinski definition) is 2. The normalized spacial score (nSPS) is 14.5. The molecule has 0 spiro atoms. The van der Waals surface area contributed by atoms with Gasteiger partial charge in [-0.25, -0.2) is 0 Å². The molecule has 0 N–H and O–H groups in total. The van der Waals surface area contributed by atoms with Gasteiger partial charge in [0.1, 0.15) is 0 Å². The number of hydrogen-bond donors (Lipinski definition) is 0. The zero-order valence-corrected chi connectivity index (χ0v) is 13.9. The van der Waals surface area contributed by atoms with Gasteiger partial charge in [0.05, 0.1) is 10.1 Å². The summed E-state index contributed by atoms with van der Waals surface area (Å²) in [6, 6.07) is 14.8. The summed E-state index contributed by atoms with van der Waals surface area (Å²) in [6.07, 6.45) is 1.90. The van der Waals surface area contributed by atoms with Gasteiger partial charge in [0, 0.05) is 40.8 Å². The van der Waals surface area contributed by atoms with Gasteiger partial charge in [0.15, 0.2) is 5.78 Å². The highest BCUT2D eigenvalue weighted by molar-refractivity contribution is 9.12. The molecule has 0 fully saturated rings. The maximum Gasteiger partial charge on any atom is 0.201 e. The van der Waals surface area contributed by atoms with Crippen LogP contribution in [0.5, 0.6) is 0 Å². The second-order valence-corrected chi connectivity index (χ2v) is 6.36. The molecule has 23 heavy (non-hydrogen) atoms. The second-order valence-electron chi connectivity index (χ2n) is 5.56. The van der Waals surface area contributed by atoms with Gasteiger partial charge in [-0.05, 0) is 22.0 Å². The Morgan fingerprint density at radius 1 is 0.826 bits per heavy atom. The molecule has 1 aliphatic carbocycles. The predicted molar refractivity (Wildman–Crippen MR) is 93.9 cm³/mol. The highest BCUT2D eigenvalue weighted by Crippen LogP contribution is 2.38. The SMILES string of the molecule is Cn1cc(C2=C(Br)C(=O)c3ccccc3C2=O)c2ccccc21. The Bertz CT molecular complexity index is 1030. The zero-order valence-electron chi connectivity index (χ0n) is 12.3. The number of nitrogens with zero attached hydrogens (tertiary/aromatic N) is 1. The first-order valence-electron chi connectivity index (χ1n) is 7.22. The Labute approximate surface area is 141 Å². The lowest BCUT2D eigenvalue weighted by Gasteiger charge is -2.17. The van der Waals surface area contributed by atoms with Crippen LogP contribution >= 0.6 is 15.9 Å². The number of halogens is 1. The molecule has 2 aromatic carbocycles. The van der Waals surface area contributed by atoms with Gasteiger partial charge in [-0.3, -0.25) is 9.59 Å². The van der Waals surface area contributed by atoms with Crippen LogP contribution in [-0.4, -0.2) is 16.1 Å². The van der Waals surface area contributed by atoms with Crippen LogP contribution in [0.2, 0.25) is 0 Å². The smallest absolute Gasteiger partial charge is 0.201 e. The first kappa shape index (κ1) is 14.2. The third-order valence-corrected chi connectivity index (χ3v) is 4.99. The maximum atomic E-state index is 13.0. The minimum absolute atomic E-state index is 0.122. The van der Waals surface area contributed by atoms with E-state index in [1.807, 2.05) is 42.1 Å². The highest BCUT2D eigenvalue weighted by atomic mass is 79.9. The van der Waals surface area contributed by atoms with Gasteiger partial charge in [-0.15, -0.1) is 0 Å². The number of Topliss-reactive ketones (excluding diaryl/α,β-unsaturated/α-hetero) is 2. The molecule has 112 valence electrons. The van der Waals surface area contributed by atoms with E-state index in [4.69, 9.17) is 0 Å². The molecule has 0 bridgehead atoms. The van der Waals surface area contributed by atoms with Gasteiger partial charge in [-0.1, -0.05) is 42.5 Å². The Hall–Kier alpha value is -2.46. The minimum atomic E-state index is -0.150. The summed E-state index contributed by atoms with van der Waals surface area (Å²) >= 11 is 3.36. The lowest BCUT2D eigenvalue weighted by Crippen LogP contribution is -2.18. The number of benzene rings is 2. The molecule has 1 aromatic heterocycles. The number of para-hydroxylation sites is 1. The second kappa shape index (κ2) is 5.03. The van der Waals surface area contributed by atoms with E-state index >= 15 is 0 Å². The summed E-state index contributed by atoms with van der Waals surface area (Å²) in [7, 11) is 1.93. The van der Waals surface area contributed by atoms with E-state index in [0.717, 1.165) is 16.5 Å². The molecule has 0 aliphatic heterocycles. The highest BCUT2D eigenvalue weighted by Gasteiger charge is 2.32. The molecule has 0 atom stereocenters. The summed E-state index contributed by atoms with van der Waals surface area (Å²) in [5.74, 6) is -0.272. The van der Waals surface area contributed by atoms with E-state index < -0.39 is 0 Å². The van der Waals surface area contributed by atoms with E-state index in [0.29, 0.717) is 21.2 Å². The van der Waals surface area contributed by atoms with E-state index in [-0.39, 0.29) is 11.6 Å². The fraction of sp³-hybridized carbons (Fsp3) is 0.0526. The Kier molecular flexibility index (Phi) is 3.10. The molecule has 3 nitrogen and oxygen atoms in total. The van der Waals surface area contributed by atoms with Crippen molar-refractivity contribution >= 4 is 44.0 Å². The molecule has 4 rings (SSSR count). The van der Waals surface area contributed by atoms with Crippen LogP contribution in [-0.2, 0) is 7.05 Å². The molecule has 0 amide bonds. The van der Waals surface area contributed by atoms with Gasteiger partial charge in [0.25, 0.3) is 0 Å². The molecule has 4 heteroatoms. The summed E-state index contributed by atoms with van der Waals surface area (Å²) < 4.78 is 2.30. The Balaban J connectivity index is 2.03. The lowest BCUT2D eigenvalue weighted by molar-refractivity contribution is 0.0999. The van der Waals surface area contributed by atoms with Crippen molar-refractivity contribution in [3.63, 3.8) is 0 Å². The molecule has 0 saturated carbocycles. The van der Waals surface area contributed by atoms with Crippen LogP contribution in [0.3, 0.4) is 0 Å². The quantitative estimate of drug-likeness (QED) is 0.642. The third-order valence-electron chi connectivity index (χ3n) is 4.23. The van der Waals surface area contributed by atoms with Crippen LogP contribution in [0.15, 0.2) is 59.2 Å². The Morgan fingerprint density at radius 2 is 1.43 bits per heavy atom. The predicted octanol–water partition coefficient (Wildman–Crippen LogP) is 4.36. The molecule has 1 aliphatic rings. The number of aryl methyl sites for hydroxylation is 1. The molecule has 0 saturated heterocycles. The topological polar surface area (TPSA) is 39.1 Å². The zero-order chi connectivity index (χ0) is 16.1. The average molecular weight is 366 g/mol. The van der Waals surface area contributed by atoms with E-state index in [1.165, 1.54) is 0 Å². The van der Waals surface area contributed by atoms with E-state index in [2.05, 4.69) is 15.9 Å². The summed E-state index contributed by atoms with van der Waals surface area (Å²) in [5, 5.41) is 0.961. The fourth-order valence-corrected chi connectivity index (χ4v) is 3.73. The number of rotatable bonds is 1. The van der Waals surface area contributed by atoms with Gasteiger partial charge in [-0.2, -0.15) is 0 Å². The monoisotopic (exact) mass is 365 g/mol. The van der Waals surface area contributed by atoms with Crippen LogP contribution in [0.25, 0.3) is 16.5 Å². The molecule has 0 radical (unpaired) electrons. The van der Waals surface area contributed by atoms with Crippen molar-refractivity contribution in [2.45, 2.75) is 0 Å².